The van der Waals surface area contributed by atoms with Gasteiger partial charge in [0.1, 0.15) is 12.0 Å². The summed E-state index contributed by atoms with van der Waals surface area (Å²) in [7, 11) is 0. The molecule has 1 aliphatic rings. The highest BCUT2D eigenvalue weighted by molar-refractivity contribution is 5.49. The molecule has 0 unspecified atom stereocenters. The average Bonchev–Trinajstić information content (AvgIpc) is 3.17. The Labute approximate surface area is 123 Å². The number of nitrogens with zero attached hydrogens (tertiary/aromatic N) is 4. The fourth-order valence-corrected chi connectivity index (χ4v) is 2.63. The zero-order valence-corrected chi connectivity index (χ0v) is 12.4. The van der Waals surface area contributed by atoms with Gasteiger partial charge in [-0.1, -0.05) is 6.07 Å². The van der Waals surface area contributed by atoms with Crippen LogP contribution in [0.4, 0.5) is 0 Å². The van der Waals surface area contributed by atoms with Gasteiger partial charge in [0.05, 0.1) is 11.4 Å². The first kappa shape index (κ1) is 12.6. The second kappa shape index (κ2) is 4.70. The SMILES string of the molecule is Cc1ncn(-c2nc3ccccn3c2CNC2CC2)c1C. The lowest BCUT2D eigenvalue weighted by Gasteiger charge is -2.08. The minimum atomic E-state index is 0.678. The third-order valence-corrected chi connectivity index (χ3v) is 4.22. The topological polar surface area (TPSA) is 47.2 Å². The lowest BCUT2D eigenvalue weighted by molar-refractivity contribution is 0.666. The van der Waals surface area contributed by atoms with Gasteiger partial charge < -0.3 is 9.72 Å². The minimum Gasteiger partial charge on any atom is -0.308 e. The highest BCUT2D eigenvalue weighted by Gasteiger charge is 2.22. The highest BCUT2D eigenvalue weighted by atomic mass is 15.2. The van der Waals surface area contributed by atoms with Crippen LogP contribution in [-0.4, -0.2) is 25.0 Å². The Morgan fingerprint density at radius 1 is 1.29 bits per heavy atom. The van der Waals surface area contributed by atoms with Crippen LogP contribution < -0.4 is 5.32 Å². The van der Waals surface area contributed by atoms with Crippen molar-refractivity contribution in [3.63, 3.8) is 0 Å². The van der Waals surface area contributed by atoms with Gasteiger partial charge in [0, 0.05) is 24.5 Å². The largest absolute Gasteiger partial charge is 0.308 e. The van der Waals surface area contributed by atoms with Crippen LogP contribution in [0.5, 0.6) is 0 Å². The van der Waals surface area contributed by atoms with Gasteiger partial charge in [-0.05, 0) is 38.8 Å². The molecular formula is C16H19N5. The average molecular weight is 281 g/mol. The first-order valence-electron chi connectivity index (χ1n) is 7.44. The number of nitrogens with one attached hydrogen (secondary N) is 1. The summed E-state index contributed by atoms with van der Waals surface area (Å²) in [6.45, 7) is 4.95. The summed E-state index contributed by atoms with van der Waals surface area (Å²) in [6, 6.07) is 6.79. The monoisotopic (exact) mass is 281 g/mol. The number of imidazole rings is 2. The Balaban J connectivity index is 1.85. The molecule has 5 heteroatoms. The van der Waals surface area contributed by atoms with Crippen molar-refractivity contribution < 1.29 is 0 Å². The van der Waals surface area contributed by atoms with E-state index in [9.17, 15) is 0 Å². The van der Waals surface area contributed by atoms with Crippen molar-refractivity contribution in [2.75, 3.05) is 0 Å². The third-order valence-electron chi connectivity index (χ3n) is 4.22. The van der Waals surface area contributed by atoms with Crippen molar-refractivity contribution >= 4 is 5.65 Å². The van der Waals surface area contributed by atoms with E-state index in [1.807, 2.05) is 31.5 Å². The maximum Gasteiger partial charge on any atom is 0.162 e. The van der Waals surface area contributed by atoms with E-state index in [1.165, 1.54) is 18.5 Å². The van der Waals surface area contributed by atoms with E-state index < -0.39 is 0 Å². The fourth-order valence-electron chi connectivity index (χ4n) is 2.63. The second-order valence-electron chi connectivity index (χ2n) is 5.75. The van der Waals surface area contributed by atoms with Gasteiger partial charge in [0.15, 0.2) is 5.82 Å². The molecule has 0 aromatic carbocycles. The summed E-state index contributed by atoms with van der Waals surface area (Å²) in [4.78, 5) is 9.21. The summed E-state index contributed by atoms with van der Waals surface area (Å²) >= 11 is 0. The Bertz CT molecular complexity index is 794. The lowest BCUT2D eigenvalue weighted by Crippen LogP contribution is -2.18. The number of aryl methyl sites for hydroxylation is 1. The predicted molar refractivity (Wildman–Crippen MR) is 81.6 cm³/mol. The molecule has 108 valence electrons. The molecule has 3 aromatic heterocycles. The lowest BCUT2D eigenvalue weighted by atomic mass is 10.3. The van der Waals surface area contributed by atoms with Crippen LogP contribution in [0.15, 0.2) is 30.7 Å². The summed E-state index contributed by atoms with van der Waals surface area (Å²) in [5.74, 6) is 0.979. The smallest absolute Gasteiger partial charge is 0.162 e. The van der Waals surface area contributed by atoms with Crippen molar-refractivity contribution in [2.24, 2.45) is 0 Å². The molecule has 1 fully saturated rings. The number of fused-ring (bicyclic) bond motifs is 1. The van der Waals surface area contributed by atoms with Crippen molar-refractivity contribution in [1.82, 2.24) is 24.3 Å². The van der Waals surface area contributed by atoms with Gasteiger partial charge in [0.2, 0.25) is 0 Å². The van der Waals surface area contributed by atoms with Crippen molar-refractivity contribution in [1.29, 1.82) is 0 Å². The molecule has 5 nitrogen and oxygen atoms in total. The van der Waals surface area contributed by atoms with E-state index in [2.05, 4.69) is 32.4 Å². The Morgan fingerprint density at radius 3 is 2.86 bits per heavy atom. The highest BCUT2D eigenvalue weighted by Crippen LogP contribution is 2.23. The van der Waals surface area contributed by atoms with E-state index in [0.717, 1.165) is 29.4 Å². The Kier molecular flexibility index (Phi) is 2.82. The van der Waals surface area contributed by atoms with E-state index in [-0.39, 0.29) is 0 Å². The fraction of sp³-hybridized carbons (Fsp3) is 0.375. The molecule has 1 N–H and O–H groups in total. The molecule has 0 amide bonds. The molecule has 1 saturated carbocycles. The third kappa shape index (κ3) is 2.14. The molecule has 3 heterocycles. The zero-order chi connectivity index (χ0) is 14.4. The van der Waals surface area contributed by atoms with Crippen LogP contribution in [0.1, 0.15) is 29.9 Å². The van der Waals surface area contributed by atoms with Crippen molar-refractivity contribution in [3.05, 3.63) is 47.8 Å². The van der Waals surface area contributed by atoms with Gasteiger partial charge in [-0.2, -0.15) is 0 Å². The molecule has 0 radical (unpaired) electrons. The van der Waals surface area contributed by atoms with Crippen molar-refractivity contribution in [2.45, 2.75) is 39.3 Å². The number of pyridine rings is 1. The zero-order valence-electron chi connectivity index (χ0n) is 12.4. The molecule has 4 rings (SSSR count). The molecule has 0 saturated heterocycles. The van der Waals surface area contributed by atoms with Crippen LogP contribution in [0.2, 0.25) is 0 Å². The molecule has 21 heavy (non-hydrogen) atoms. The van der Waals surface area contributed by atoms with Crippen LogP contribution in [-0.2, 0) is 6.54 Å². The second-order valence-corrected chi connectivity index (χ2v) is 5.75. The Morgan fingerprint density at radius 2 is 2.14 bits per heavy atom. The number of hydrogen-bond donors (Lipinski definition) is 1. The van der Waals surface area contributed by atoms with E-state index in [0.29, 0.717) is 6.04 Å². The van der Waals surface area contributed by atoms with Gasteiger partial charge in [-0.15, -0.1) is 0 Å². The van der Waals surface area contributed by atoms with E-state index >= 15 is 0 Å². The van der Waals surface area contributed by atoms with Gasteiger partial charge in [-0.25, -0.2) is 9.97 Å². The van der Waals surface area contributed by atoms with E-state index in [4.69, 9.17) is 4.98 Å². The Hall–Kier alpha value is -2.14. The summed E-state index contributed by atoms with van der Waals surface area (Å²) in [5, 5.41) is 3.59. The van der Waals surface area contributed by atoms with Crippen LogP contribution in [0.25, 0.3) is 11.5 Å². The number of rotatable bonds is 4. The molecule has 1 aliphatic carbocycles. The summed E-state index contributed by atoms with van der Waals surface area (Å²) in [6.07, 6.45) is 6.52. The molecule has 0 aliphatic heterocycles. The first-order chi connectivity index (χ1) is 10.2. The molecule has 3 aromatic rings. The van der Waals surface area contributed by atoms with Crippen molar-refractivity contribution in [3.8, 4) is 5.82 Å². The van der Waals surface area contributed by atoms with Gasteiger partial charge in [-0.3, -0.25) is 4.57 Å². The normalized spacial score (nSPS) is 15.0. The number of aromatic nitrogens is 4. The summed E-state index contributed by atoms with van der Waals surface area (Å²) < 4.78 is 4.26. The van der Waals surface area contributed by atoms with E-state index in [1.54, 1.807) is 0 Å². The standard InChI is InChI=1S/C16H19N5/c1-11-12(2)21(10-18-11)16-14(9-17-13-6-7-13)20-8-4-3-5-15(20)19-16/h3-5,8,10,13,17H,6-7,9H2,1-2H3. The maximum absolute atomic E-state index is 4.80. The maximum atomic E-state index is 4.80. The first-order valence-corrected chi connectivity index (χ1v) is 7.44. The van der Waals surface area contributed by atoms with Gasteiger partial charge in [0.25, 0.3) is 0 Å². The van der Waals surface area contributed by atoms with Crippen LogP contribution in [0.3, 0.4) is 0 Å². The molecule has 0 bridgehead atoms. The minimum absolute atomic E-state index is 0.678. The molecule has 0 spiro atoms. The van der Waals surface area contributed by atoms with Crippen LogP contribution in [0, 0.1) is 13.8 Å². The van der Waals surface area contributed by atoms with Gasteiger partial charge >= 0.3 is 0 Å². The molecule has 0 atom stereocenters. The van der Waals surface area contributed by atoms with Crippen LogP contribution >= 0.6 is 0 Å². The molecular weight excluding hydrogens is 262 g/mol. The predicted octanol–water partition coefficient (Wildman–Crippen LogP) is 2.39. The number of hydrogen-bond acceptors (Lipinski definition) is 3. The quantitative estimate of drug-likeness (QED) is 0.798. The summed E-state index contributed by atoms with van der Waals surface area (Å²) in [5.41, 5.74) is 4.36.